The van der Waals surface area contributed by atoms with Crippen LogP contribution in [0.15, 0.2) is 24.3 Å². The molecular formula is C16H22ClF2NO2. The molecule has 0 spiro atoms. The van der Waals surface area contributed by atoms with Gasteiger partial charge in [0.1, 0.15) is 11.6 Å². The number of carbonyl (C=O) groups is 1. The number of rotatable bonds is 7. The second-order valence-corrected chi connectivity index (χ2v) is 6.23. The van der Waals surface area contributed by atoms with E-state index in [-0.39, 0.29) is 24.9 Å². The first-order chi connectivity index (χ1) is 10.1. The van der Waals surface area contributed by atoms with Crippen molar-refractivity contribution in [1.82, 2.24) is 4.90 Å². The van der Waals surface area contributed by atoms with Gasteiger partial charge >= 0.3 is 0 Å². The first-order valence-electron chi connectivity index (χ1n) is 6.96. The highest BCUT2D eigenvalue weighted by atomic mass is 35.5. The van der Waals surface area contributed by atoms with Gasteiger partial charge < -0.3 is 9.64 Å². The highest BCUT2D eigenvalue weighted by Crippen LogP contribution is 2.37. The number of amides is 1. The van der Waals surface area contributed by atoms with Crippen molar-refractivity contribution < 1.29 is 18.3 Å². The smallest absolute Gasteiger partial charge is 0.252 e. The van der Waals surface area contributed by atoms with Crippen molar-refractivity contribution in [2.24, 2.45) is 5.41 Å². The van der Waals surface area contributed by atoms with Crippen LogP contribution in [-0.2, 0) is 11.3 Å². The number of alkyl halides is 3. The summed E-state index contributed by atoms with van der Waals surface area (Å²) in [4.78, 5) is 13.4. The van der Waals surface area contributed by atoms with Crippen molar-refractivity contribution in [2.45, 2.75) is 33.2 Å². The molecule has 1 aromatic rings. The minimum atomic E-state index is -2.92. The molecule has 22 heavy (non-hydrogen) atoms. The molecule has 0 saturated carbocycles. The lowest BCUT2D eigenvalue weighted by Gasteiger charge is -2.36. The van der Waals surface area contributed by atoms with Gasteiger partial charge in [-0.1, -0.05) is 32.0 Å². The maximum absolute atomic E-state index is 13.7. The Bertz CT molecular complexity index is 515. The zero-order valence-corrected chi connectivity index (χ0v) is 14.1. The van der Waals surface area contributed by atoms with E-state index in [1.807, 2.05) is 0 Å². The molecule has 1 rings (SSSR count). The van der Waals surface area contributed by atoms with E-state index >= 15 is 0 Å². The molecule has 6 heteroatoms. The number of benzene rings is 1. The molecule has 0 atom stereocenters. The Morgan fingerprint density at radius 1 is 1.27 bits per heavy atom. The molecule has 0 aliphatic heterocycles. The molecule has 0 aliphatic carbocycles. The highest BCUT2D eigenvalue weighted by Gasteiger charge is 2.43. The third kappa shape index (κ3) is 4.57. The van der Waals surface area contributed by atoms with Crippen LogP contribution >= 0.6 is 11.6 Å². The monoisotopic (exact) mass is 333 g/mol. The van der Waals surface area contributed by atoms with Crippen molar-refractivity contribution in [3.05, 3.63) is 29.8 Å². The van der Waals surface area contributed by atoms with Gasteiger partial charge in [0.2, 0.25) is 5.91 Å². The molecule has 0 unspecified atom stereocenters. The Balaban J connectivity index is 3.02. The van der Waals surface area contributed by atoms with Crippen molar-refractivity contribution in [3.63, 3.8) is 0 Å². The Hall–Kier alpha value is -1.36. The minimum Gasteiger partial charge on any atom is -0.496 e. The second kappa shape index (κ2) is 7.27. The molecule has 0 heterocycles. The SMILES string of the molecule is COc1ccccc1CN(CC(C)(C)C(C)(F)F)C(=O)CCl. The van der Waals surface area contributed by atoms with Crippen molar-refractivity contribution in [2.75, 3.05) is 19.5 Å². The lowest BCUT2D eigenvalue weighted by atomic mass is 9.85. The van der Waals surface area contributed by atoms with Gasteiger partial charge in [-0.2, -0.15) is 0 Å². The molecular weight excluding hydrogens is 312 g/mol. The fourth-order valence-electron chi connectivity index (χ4n) is 1.97. The maximum atomic E-state index is 13.7. The van der Waals surface area contributed by atoms with Crippen LogP contribution in [0, 0.1) is 5.41 Å². The van der Waals surface area contributed by atoms with Crippen LogP contribution in [0.3, 0.4) is 0 Å². The first kappa shape index (κ1) is 18.7. The van der Waals surface area contributed by atoms with Crippen molar-refractivity contribution in [1.29, 1.82) is 0 Å². The van der Waals surface area contributed by atoms with E-state index in [1.54, 1.807) is 24.3 Å². The van der Waals surface area contributed by atoms with Crippen LogP contribution in [0.5, 0.6) is 5.75 Å². The van der Waals surface area contributed by atoms with Gasteiger partial charge in [-0.15, -0.1) is 11.6 Å². The van der Waals surface area contributed by atoms with Gasteiger partial charge in [0.15, 0.2) is 0 Å². The van der Waals surface area contributed by atoms with E-state index in [1.165, 1.54) is 25.9 Å². The summed E-state index contributed by atoms with van der Waals surface area (Å²) in [6, 6.07) is 7.17. The summed E-state index contributed by atoms with van der Waals surface area (Å²) in [5.74, 6) is -2.94. The van der Waals surface area contributed by atoms with Crippen LogP contribution in [0.2, 0.25) is 0 Å². The lowest BCUT2D eigenvalue weighted by Crippen LogP contribution is -2.46. The standard InChI is InChI=1S/C16H22ClF2NO2/c1-15(2,16(3,18)19)11-20(14(21)9-17)10-12-7-5-6-8-13(12)22-4/h5-8H,9-11H2,1-4H3. The second-order valence-electron chi connectivity index (χ2n) is 5.97. The number of hydrogen-bond acceptors (Lipinski definition) is 2. The fraction of sp³-hybridized carbons (Fsp3) is 0.562. The van der Waals surface area contributed by atoms with Crippen molar-refractivity contribution in [3.8, 4) is 5.75 Å². The van der Waals surface area contributed by atoms with Gasteiger partial charge in [0, 0.05) is 24.1 Å². The number of methoxy groups -OCH3 is 1. The van der Waals surface area contributed by atoms with Crippen LogP contribution < -0.4 is 4.74 Å². The molecule has 3 nitrogen and oxygen atoms in total. The van der Waals surface area contributed by atoms with Gasteiger partial charge in [0.25, 0.3) is 5.92 Å². The molecule has 0 fully saturated rings. The van der Waals surface area contributed by atoms with Gasteiger partial charge in [-0.05, 0) is 13.0 Å². The summed E-state index contributed by atoms with van der Waals surface area (Å²) in [6.07, 6.45) is 0. The average Bonchev–Trinajstić information content (AvgIpc) is 2.44. The summed E-state index contributed by atoms with van der Waals surface area (Å²) >= 11 is 5.62. The molecule has 0 radical (unpaired) electrons. The fourth-order valence-corrected chi connectivity index (χ4v) is 2.14. The van der Waals surface area contributed by atoms with Crippen LogP contribution in [0.25, 0.3) is 0 Å². The third-order valence-electron chi connectivity index (χ3n) is 3.80. The maximum Gasteiger partial charge on any atom is 0.252 e. The average molecular weight is 334 g/mol. The van der Waals surface area contributed by atoms with E-state index in [0.29, 0.717) is 5.75 Å². The van der Waals surface area contributed by atoms with Gasteiger partial charge in [-0.25, -0.2) is 8.78 Å². The lowest BCUT2D eigenvalue weighted by molar-refractivity contribution is -0.138. The minimum absolute atomic E-state index is 0.0971. The van der Waals surface area contributed by atoms with Crippen molar-refractivity contribution >= 4 is 17.5 Å². The Kier molecular flexibility index (Phi) is 6.17. The van der Waals surface area contributed by atoms with E-state index in [4.69, 9.17) is 16.3 Å². The van der Waals surface area contributed by atoms with Gasteiger partial charge in [-0.3, -0.25) is 4.79 Å². The predicted octanol–water partition coefficient (Wildman–Crippen LogP) is 3.94. The number of carbonyl (C=O) groups excluding carboxylic acids is 1. The van der Waals surface area contributed by atoms with Crippen LogP contribution in [0.4, 0.5) is 8.78 Å². The Morgan fingerprint density at radius 3 is 2.36 bits per heavy atom. The number of hydrogen-bond donors (Lipinski definition) is 0. The number of nitrogens with zero attached hydrogens (tertiary/aromatic N) is 1. The first-order valence-corrected chi connectivity index (χ1v) is 7.49. The molecule has 0 aliphatic rings. The topological polar surface area (TPSA) is 29.5 Å². The number of ether oxygens (including phenoxy) is 1. The highest BCUT2D eigenvalue weighted by molar-refractivity contribution is 6.27. The molecule has 0 bridgehead atoms. The normalized spacial score (nSPS) is 12.1. The molecule has 124 valence electrons. The van der Waals surface area contributed by atoms with E-state index in [9.17, 15) is 13.6 Å². The summed E-state index contributed by atoms with van der Waals surface area (Å²) in [7, 11) is 1.52. The summed E-state index contributed by atoms with van der Waals surface area (Å²) in [6.45, 7) is 3.81. The molecule has 1 amide bonds. The van der Waals surface area contributed by atoms with E-state index in [2.05, 4.69) is 0 Å². The zero-order chi connectivity index (χ0) is 17.0. The number of halogens is 3. The molecule has 1 aromatic carbocycles. The largest absolute Gasteiger partial charge is 0.496 e. The molecule has 0 aromatic heterocycles. The Morgan fingerprint density at radius 2 is 1.86 bits per heavy atom. The van der Waals surface area contributed by atoms with E-state index < -0.39 is 11.3 Å². The quantitative estimate of drug-likeness (QED) is 0.707. The zero-order valence-electron chi connectivity index (χ0n) is 13.3. The van der Waals surface area contributed by atoms with Gasteiger partial charge in [0.05, 0.1) is 7.11 Å². The summed E-state index contributed by atoms with van der Waals surface area (Å²) in [5, 5.41) is 0. The predicted molar refractivity (Wildman–Crippen MR) is 83.5 cm³/mol. The number of para-hydroxylation sites is 1. The van der Waals surface area contributed by atoms with Crippen LogP contribution in [0.1, 0.15) is 26.3 Å². The summed E-state index contributed by atoms with van der Waals surface area (Å²) < 4.78 is 32.7. The molecule has 0 N–H and O–H groups in total. The molecule has 0 saturated heterocycles. The third-order valence-corrected chi connectivity index (χ3v) is 4.02. The van der Waals surface area contributed by atoms with E-state index in [0.717, 1.165) is 12.5 Å². The Labute approximate surface area is 135 Å². The van der Waals surface area contributed by atoms with Crippen LogP contribution in [-0.4, -0.2) is 36.3 Å². The summed E-state index contributed by atoms with van der Waals surface area (Å²) in [5.41, 5.74) is -0.616.